The van der Waals surface area contributed by atoms with Crippen molar-refractivity contribution in [3.63, 3.8) is 0 Å². The molecule has 1 atom stereocenters. The van der Waals surface area contributed by atoms with Gasteiger partial charge in [-0.1, -0.05) is 37.6 Å². The van der Waals surface area contributed by atoms with E-state index in [-0.39, 0.29) is 31.6 Å². The van der Waals surface area contributed by atoms with Crippen LogP contribution in [0.25, 0.3) is 0 Å². The first-order chi connectivity index (χ1) is 16.9. The third-order valence-corrected chi connectivity index (χ3v) is 6.57. The Morgan fingerprint density at radius 2 is 1.92 bits per heavy atom. The van der Waals surface area contributed by atoms with Gasteiger partial charge < -0.3 is 20.3 Å². The van der Waals surface area contributed by atoms with Crippen molar-refractivity contribution in [3.8, 4) is 5.75 Å². The Kier molecular flexibility index (Phi) is 7.07. The molecule has 8 heteroatoms. The van der Waals surface area contributed by atoms with Gasteiger partial charge in [-0.15, -0.1) is 0 Å². The van der Waals surface area contributed by atoms with E-state index in [4.69, 9.17) is 16.3 Å². The van der Waals surface area contributed by atoms with E-state index in [1.807, 2.05) is 0 Å². The summed E-state index contributed by atoms with van der Waals surface area (Å²) in [5.74, 6) is -1.44. The molecule has 188 valence electrons. The molecule has 0 radical (unpaired) electrons. The number of nitrogens with one attached hydrogen (secondary N) is 1. The van der Waals surface area contributed by atoms with Crippen LogP contribution in [-0.2, 0) is 28.0 Å². The number of cyclic esters (lactones) is 1. The van der Waals surface area contributed by atoms with Crippen LogP contribution in [0.1, 0.15) is 53.7 Å². The number of esters is 1. The molecule has 1 heterocycles. The molecule has 0 aliphatic carbocycles. The molecule has 1 amide bonds. The predicted molar refractivity (Wildman–Crippen MR) is 135 cm³/mol. The SMILES string of the molecule is CC(C)(CC(O)(CC(=O)Nc1ccc2c(c1)COC2=O)Cc1cccc(Cl)c1)c1cc(F)ccc1O. The van der Waals surface area contributed by atoms with E-state index in [9.17, 15) is 24.2 Å². The van der Waals surface area contributed by atoms with Gasteiger partial charge in [-0.3, -0.25) is 4.79 Å². The number of aromatic hydroxyl groups is 1. The van der Waals surface area contributed by atoms with Gasteiger partial charge in [0.1, 0.15) is 18.2 Å². The molecule has 36 heavy (non-hydrogen) atoms. The van der Waals surface area contributed by atoms with Crippen molar-refractivity contribution in [2.45, 2.75) is 50.7 Å². The predicted octanol–water partition coefficient (Wildman–Crippen LogP) is 5.53. The molecular formula is C28H27ClFNO5. The minimum Gasteiger partial charge on any atom is -0.508 e. The summed E-state index contributed by atoms with van der Waals surface area (Å²) in [5.41, 5.74) is 0.222. The lowest BCUT2D eigenvalue weighted by atomic mass is 9.72. The number of amides is 1. The average Bonchev–Trinajstić information content (AvgIpc) is 3.14. The number of carbonyl (C=O) groups excluding carboxylic acids is 2. The van der Waals surface area contributed by atoms with Crippen LogP contribution in [0, 0.1) is 5.82 Å². The molecule has 6 nitrogen and oxygen atoms in total. The third-order valence-electron chi connectivity index (χ3n) is 6.34. The van der Waals surface area contributed by atoms with Gasteiger partial charge in [0, 0.05) is 28.3 Å². The molecule has 3 N–H and O–H groups in total. The Bertz CT molecular complexity index is 1330. The maximum atomic E-state index is 14.0. The number of aliphatic hydroxyl groups is 1. The fraction of sp³-hybridized carbons (Fsp3) is 0.286. The zero-order valence-corrected chi connectivity index (χ0v) is 20.7. The van der Waals surface area contributed by atoms with Crippen molar-refractivity contribution in [3.05, 3.63) is 93.8 Å². The lowest BCUT2D eigenvalue weighted by molar-refractivity contribution is -0.121. The van der Waals surface area contributed by atoms with Gasteiger partial charge in [0.05, 0.1) is 17.6 Å². The van der Waals surface area contributed by atoms with Crippen molar-refractivity contribution < 1.29 is 28.9 Å². The Balaban J connectivity index is 1.59. The maximum absolute atomic E-state index is 14.0. The summed E-state index contributed by atoms with van der Waals surface area (Å²) in [6.45, 7) is 3.70. The highest BCUT2D eigenvalue weighted by Gasteiger charge is 2.39. The molecule has 0 saturated carbocycles. The van der Waals surface area contributed by atoms with Crippen LogP contribution in [0.15, 0.2) is 60.7 Å². The first-order valence-corrected chi connectivity index (χ1v) is 11.9. The highest BCUT2D eigenvalue weighted by atomic mass is 35.5. The molecule has 0 fully saturated rings. The smallest absolute Gasteiger partial charge is 0.338 e. The summed E-state index contributed by atoms with van der Waals surface area (Å²) in [7, 11) is 0. The maximum Gasteiger partial charge on any atom is 0.338 e. The number of benzene rings is 3. The molecule has 0 spiro atoms. The lowest BCUT2D eigenvalue weighted by Gasteiger charge is -2.37. The Hall–Kier alpha value is -3.42. The number of anilines is 1. The second kappa shape index (κ2) is 9.91. The number of phenolic OH excluding ortho intramolecular Hbond substituents is 1. The van der Waals surface area contributed by atoms with Crippen LogP contribution in [0.5, 0.6) is 5.75 Å². The average molecular weight is 512 g/mol. The van der Waals surface area contributed by atoms with Gasteiger partial charge >= 0.3 is 5.97 Å². The normalized spacial score (nSPS) is 14.6. The second-order valence-electron chi connectivity index (χ2n) is 9.93. The number of hydrogen-bond acceptors (Lipinski definition) is 5. The minimum atomic E-state index is -1.56. The van der Waals surface area contributed by atoms with Crippen molar-refractivity contribution in [2.24, 2.45) is 0 Å². The molecule has 1 aliphatic heterocycles. The van der Waals surface area contributed by atoms with Crippen molar-refractivity contribution in [1.29, 1.82) is 0 Å². The van der Waals surface area contributed by atoms with Crippen LogP contribution in [-0.4, -0.2) is 27.7 Å². The quantitative estimate of drug-likeness (QED) is 0.346. The summed E-state index contributed by atoms with van der Waals surface area (Å²) in [6.07, 6.45) is -0.123. The van der Waals surface area contributed by atoms with Crippen molar-refractivity contribution >= 4 is 29.2 Å². The van der Waals surface area contributed by atoms with E-state index in [1.54, 1.807) is 56.3 Å². The zero-order valence-electron chi connectivity index (χ0n) is 20.0. The molecule has 0 aromatic heterocycles. The number of rotatable bonds is 8. The van der Waals surface area contributed by atoms with Crippen LogP contribution >= 0.6 is 11.6 Å². The molecule has 4 rings (SSSR count). The summed E-state index contributed by atoms with van der Waals surface area (Å²) < 4.78 is 19.0. The van der Waals surface area contributed by atoms with Gasteiger partial charge in [0.15, 0.2) is 0 Å². The van der Waals surface area contributed by atoms with Crippen LogP contribution < -0.4 is 5.32 Å². The number of hydrogen-bond donors (Lipinski definition) is 3. The van der Waals surface area contributed by atoms with E-state index in [0.717, 1.165) is 11.6 Å². The lowest BCUT2D eigenvalue weighted by Crippen LogP contribution is -2.42. The Morgan fingerprint density at radius 1 is 1.14 bits per heavy atom. The molecule has 1 unspecified atom stereocenters. The highest BCUT2D eigenvalue weighted by molar-refractivity contribution is 6.30. The molecule has 3 aromatic rings. The van der Waals surface area contributed by atoms with E-state index in [0.29, 0.717) is 27.4 Å². The standard InChI is InChI=1S/C28H27ClFNO5/c1-27(2,23-12-20(30)6-9-24(23)32)16-28(35,13-17-4-3-5-19(29)10-17)14-25(33)31-21-7-8-22-18(11-21)15-36-26(22)34/h3-12,32,35H,13-16H2,1-2H3,(H,31,33). The summed E-state index contributed by atoms with van der Waals surface area (Å²) in [4.78, 5) is 24.8. The fourth-order valence-electron chi connectivity index (χ4n) is 4.90. The van der Waals surface area contributed by atoms with Crippen LogP contribution in [0.3, 0.4) is 0 Å². The minimum absolute atomic E-state index is 0.0451. The molecule has 3 aromatic carbocycles. The monoisotopic (exact) mass is 511 g/mol. The topological polar surface area (TPSA) is 95.9 Å². The van der Waals surface area contributed by atoms with Crippen molar-refractivity contribution in [2.75, 3.05) is 5.32 Å². The first-order valence-electron chi connectivity index (χ1n) is 11.5. The summed E-state index contributed by atoms with van der Waals surface area (Å²) >= 11 is 6.14. The van der Waals surface area contributed by atoms with Gasteiger partial charge in [-0.2, -0.15) is 0 Å². The Morgan fingerprint density at radius 3 is 2.67 bits per heavy atom. The molecular weight excluding hydrogens is 485 g/mol. The number of halogens is 2. The van der Waals surface area contributed by atoms with E-state index in [2.05, 4.69) is 5.32 Å². The number of carbonyl (C=O) groups is 2. The van der Waals surface area contributed by atoms with Gasteiger partial charge in [-0.25, -0.2) is 9.18 Å². The second-order valence-corrected chi connectivity index (χ2v) is 10.4. The molecule has 1 aliphatic rings. The van der Waals surface area contributed by atoms with Gasteiger partial charge in [-0.05, 0) is 65.9 Å². The van der Waals surface area contributed by atoms with E-state index >= 15 is 0 Å². The van der Waals surface area contributed by atoms with E-state index < -0.39 is 28.7 Å². The first kappa shape index (κ1) is 25.7. The number of fused-ring (bicyclic) bond motifs is 1. The van der Waals surface area contributed by atoms with E-state index in [1.165, 1.54) is 12.1 Å². The van der Waals surface area contributed by atoms with Crippen LogP contribution in [0.2, 0.25) is 5.02 Å². The van der Waals surface area contributed by atoms with Crippen LogP contribution in [0.4, 0.5) is 10.1 Å². The zero-order chi connectivity index (χ0) is 26.1. The number of phenols is 1. The van der Waals surface area contributed by atoms with Crippen molar-refractivity contribution in [1.82, 2.24) is 0 Å². The Labute approximate surface area is 213 Å². The largest absolute Gasteiger partial charge is 0.508 e. The third kappa shape index (κ3) is 5.86. The fourth-order valence-corrected chi connectivity index (χ4v) is 5.11. The van der Waals surface area contributed by atoms with Gasteiger partial charge in [0.25, 0.3) is 0 Å². The molecule has 0 saturated heterocycles. The number of ether oxygens (including phenoxy) is 1. The summed E-state index contributed by atoms with van der Waals surface area (Å²) in [5, 5.41) is 25.5. The molecule has 0 bridgehead atoms. The van der Waals surface area contributed by atoms with Gasteiger partial charge in [0.2, 0.25) is 5.91 Å². The highest BCUT2D eigenvalue weighted by Crippen LogP contribution is 2.40. The summed E-state index contributed by atoms with van der Waals surface area (Å²) in [6, 6.07) is 15.5.